The van der Waals surface area contributed by atoms with Gasteiger partial charge in [-0.2, -0.15) is 0 Å². The molecule has 17 heavy (non-hydrogen) atoms. The van der Waals surface area contributed by atoms with Gasteiger partial charge in [0.05, 0.1) is 6.54 Å². The molecule has 1 heterocycles. The van der Waals surface area contributed by atoms with Crippen LogP contribution in [-0.2, 0) is 11.3 Å². The monoisotopic (exact) mass is 256 g/mol. The number of rotatable bonds is 5. The molecule has 1 rings (SSSR count). The number of carboxylic acid groups (broad SMARTS) is 1. The Morgan fingerprint density at radius 2 is 2.00 bits per heavy atom. The molecule has 1 amide bonds. The van der Waals surface area contributed by atoms with Crippen LogP contribution >= 0.6 is 11.3 Å². The van der Waals surface area contributed by atoms with Crippen molar-refractivity contribution in [1.29, 1.82) is 0 Å². The predicted molar refractivity (Wildman–Crippen MR) is 66.3 cm³/mol. The molecule has 0 bridgehead atoms. The molecule has 0 aliphatic carbocycles. The summed E-state index contributed by atoms with van der Waals surface area (Å²) in [5.41, 5.74) is 0.747. The average molecular weight is 256 g/mol. The van der Waals surface area contributed by atoms with E-state index in [-0.39, 0.29) is 12.5 Å². The second kappa shape index (κ2) is 5.79. The van der Waals surface area contributed by atoms with Crippen LogP contribution in [0.2, 0.25) is 0 Å². The second-order valence-corrected chi connectivity index (χ2v) is 4.96. The topological polar surface area (TPSA) is 60.9 Å². The number of carboxylic acids is 1. The summed E-state index contributed by atoms with van der Waals surface area (Å²) in [6.45, 7) is 0.743. The van der Waals surface area contributed by atoms with Gasteiger partial charge in [0.1, 0.15) is 4.88 Å². The summed E-state index contributed by atoms with van der Waals surface area (Å²) in [4.78, 5) is 26.0. The third-order valence-electron chi connectivity index (χ3n) is 2.29. The Hall–Kier alpha value is -1.40. The lowest BCUT2D eigenvalue weighted by Crippen LogP contribution is -2.34. The van der Waals surface area contributed by atoms with Gasteiger partial charge < -0.3 is 10.0 Å². The normalized spacial score (nSPS) is 10.6. The highest BCUT2D eigenvalue weighted by Gasteiger charge is 2.15. The minimum Gasteiger partial charge on any atom is -0.477 e. The van der Waals surface area contributed by atoms with Crippen LogP contribution in [-0.4, -0.2) is 54.5 Å². The van der Waals surface area contributed by atoms with Gasteiger partial charge in [0.2, 0.25) is 5.91 Å². The molecule has 1 aromatic rings. The summed E-state index contributed by atoms with van der Waals surface area (Å²) < 4.78 is 0. The fourth-order valence-corrected chi connectivity index (χ4v) is 2.12. The molecule has 0 saturated carbocycles. The molecule has 94 valence electrons. The second-order valence-electron chi connectivity index (χ2n) is 4.04. The van der Waals surface area contributed by atoms with Gasteiger partial charge in [-0.3, -0.25) is 9.69 Å². The van der Waals surface area contributed by atoms with Crippen LogP contribution in [0.25, 0.3) is 0 Å². The highest BCUT2D eigenvalue weighted by molar-refractivity contribution is 7.12. The molecule has 0 saturated heterocycles. The smallest absolute Gasteiger partial charge is 0.346 e. The molecule has 6 heteroatoms. The highest BCUT2D eigenvalue weighted by atomic mass is 32.1. The van der Waals surface area contributed by atoms with E-state index >= 15 is 0 Å². The maximum Gasteiger partial charge on any atom is 0.346 e. The minimum absolute atomic E-state index is 0.000366. The Labute approximate surface area is 104 Å². The van der Waals surface area contributed by atoms with E-state index in [1.54, 1.807) is 37.5 Å². The molecule has 0 unspecified atom stereocenters. The third-order valence-corrected chi connectivity index (χ3v) is 3.23. The molecule has 0 radical (unpaired) electrons. The third kappa shape index (κ3) is 3.83. The first-order chi connectivity index (χ1) is 7.91. The SMILES string of the molecule is CN(CC(=O)N(C)C)Cc1ccsc1C(=O)O. The number of likely N-dealkylation sites (N-methyl/N-ethyl adjacent to an activating group) is 2. The molecule has 0 spiro atoms. The summed E-state index contributed by atoms with van der Waals surface area (Å²) in [6, 6.07) is 1.78. The van der Waals surface area contributed by atoms with Crippen molar-refractivity contribution >= 4 is 23.2 Å². The molecule has 1 aromatic heterocycles. The van der Waals surface area contributed by atoms with E-state index in [4.69, 9.17) is 5.11 Å². The van der Waals surface area contributed by atoms with Gasteiger partial charge >= 0.3 is 5.97 Å². The van der Waals surface area contributed by atoms with Crippen molar-refractivity contribution in [3.8, 4) is 0 Å². The average Bonchev–Trinajstić information content (AvgIpc) is 2.65. The molecule has 5 nitrogen and oxygen atoms in total. The van der Waals surface area contributed by atoms with E-state index in [9.17, 15) is 9.59 Å². The summed E-state index contributed by atoms with van der Waals surface area (Å²) in [5, 5.41) is 10.7. The van der Waals surface area contributed by atoms with Crippen LogP contribution in [0.1, 0.15) is 15.2 Å². The molecular weight excluding hydrogens is 240 g/mol. The largest absolute Gasteiger partial charge is 0.477 e. The Bertz CT molecular complexity index is 415. The molecule has 0 fully saturated rings. The first kappa shape index (κ1) is 13.7. The fraction of sp³-hybridized carbons (Fsp3) is 0.455. The maximum atomic E-state index is 11.5. The van der Waals surface area contributed by atoms with Crippen molar-refractivity contribution in [3.05, 3.63) is 21.9 Å². The zero-order valence-electron chi connectivity index (χ0n) is 10.1. The van der Waals surface area contributed by atoms with Gasteiger partial charge in [-0.15, -0.1) is 11.3 Å². The van der Waals surface area contributed by atoms with Gasteiger partial charge in [-0.1, -0.05) is 0 Å². The van der Waals surface area contributed by atoms with Gasteiger partial charge in [0.25, 0.3) is 0 Å². The fourth-order valence-electron chi connectivity index (χ4n) is 1.37. The van der Waals surface area contributed by atoms with Crippen LogP contribution < -0.4 is 0 Å². The standard InChI is InChI=1S/C11H16N2O3S/c1-12(2)9(14)7-13(3)6-8-4-5-17-10(8)11(15)16/h4-5H,6-7H2,1-3H3,(H,15,16). The summed E-state index contributed by atoms with van der Waals surface area (Å²) >= 11 is 1.20. The lowest BCUT2D eigenvalue weighted by Gasteiger charge is -2.18. The predicted octanol–water partition coefficient (Wildman–Crippen LogP) is 0.966. The van der Waals surface area contributed by atoms with Crippen molar-refractivity contribution in [1.82, 2.24) is 9.80 Å². The van der Waals surface area contributed by atoms with Crippen molar-refractivity contribution in [2.24, 2.45) is 0 Å². The van der Waals surface area contributed by atoms with Gasteiger partial charge in [-0.05, 0) is 24.1 Å². The molecular formula is C11H16N2O3S. The van der Waals surface area contributed by atoms with Gasteiger partial charge in [-0.25, -0.2) is 4.79 Å². The van der Waals surface area contributed by atoms with Gasteiger partial charge in [0.15, 0.2) is 0 Å². The Kier molecular flexibility index (Phi) is 4.65. The van der Waals surface area contributed by atoms with E-state index in [0.29, 0.717) is 11.4 Å². The van der Waals surface area contributed by atoms with Crippen molar-refractivity contribution < 1.29 is 14.7 Å². The van der Waals surface area contributed by atoms with Crippen molar-refractivity contribution in [2.45, 2.75) is 6.54 Å². The molecule has 0 aromatic carbocycles. The summed E-state index contributed by atoms with van der Waals surface area (Å²) in [7, 11) is 5.19. The highest BCUT2D eigenvalue weighted by Crippen LogP contribution is 2.18. The number of carbonyl (C=O) groups excluding carboxylic acids is 1. The van der Waals surface area contributed by atoms with Crippen LogP contribution in [0, 0.1) is 0 Å². The molecule has 0 aliphatic rings. The van der Waals surface area contributed by atoms with Gasteiger partial charge in [0, 0.05) is 20.6 Å². The van der Waals surface area contributed by atoms with Crippen LogP contribution in [0.15, 0.2) is 11.4 Å². The van der Waals surface area contributed by atoms with E-state index in [1.165, 1.54) is 16.2 Å². The number of aromatic carboxylic acids is 1. The zero-order chi connectivity index (χ0) is 13.0. The maximum absolute atomic E-state index is 11.5. The molecule has 0 atom stereocenters. The van der Waals surface area contributed by atoms with Crippen LogP contribution in [0.3, 0.4) is 0 Å². The minimum atomic E-state index is -0.915. The van der Waals surface area contributed by atoms with Crippen LogP contribution in [0.5, 0.6) is 0 Å². The number of hydrogen-bond acceptors (Lipinski definition) is 4. The number of carbonyl (C=O) groups is 2. The van der Waals surface area contributed by atoms with E-state index < -0.39 is 5.97 Å². The quantitative estimate of drug-likeness (QED) is 0.852. The summed E-state index contributed by atoms with van der Waals surface area (Å²) in [5.74, 6) is -0.915. The Balaban J connectivity index is 2.62. The number of amides is 1. The van der Waals surface area contributed by atoms with E-state index in [0.717, 1.165) is 5.56 Å². The van der Waals surface area contributed by atoms with Crippen molar-refractivity contribution in [2.75, 3.05) is 27.7 Å². The van der Waals surface area contributed by atoms with E-state index in [2.05, 4.69) is 0 Å². The molecule has 0 aliphatic heterocycles. The Morgan fingerprint density at radius 3 is 2.53 bits per heavy atom. The Morgan fingerprint density at radius 1 is 1.35 bits per heavy atom. The lowest BCUT2D eigenvalue weighted by molar-refractivity contribution is -0.129. The number of hydrogen-bond donors (Lipinski definition) is 1. The summed E-state index contributed by atoms with van der Waals surface area (Å²) in [6.07, 6.45) is 0. The van der Waals surface area contributed by atoms with Crippen LogP contribution in [0.4, 0.5) is 0 Å². The molecule has 1 N–H and O–H groups in total. The zero-order valence-corrected chi connectivity index (χ0v) is 11.0. The number of nitrogens with zero attached hydrogens (tertiary/aromatic N) is 2. The number of thiophene rings is 1. The lowest BCUT2D eigenvalue weighted by atomic mass is 10.2. The van der Waals surface area contributed by atoms with Crippen molar-refractivity contribution in [3.63, 3.8) is 0 Å². The van der Waals surface area contributed by atoms with E-state index in [1.807, 2.05) is 0 Å². The first-order valence-electron chi connectivity index (χ1n) is 5.10. The first-order valence-corrected chi connectivity index (χ1v) is 5.98.